The Morgan fingerprint density at radius 3 is 2.83 bits per heavy atom. The number of carbonyl (C=O) groups is 1. The fraction of sp³-hybridized carbons (Fsp3) is 0.615. The summed E-state index contributed by atoms with van der Waals surface area (Å²) >= 11 is 0. The number of aromatic nitrogens is 2. The van der Waals surface area contributed by atoms with Gasteiger partial charge < -0.3 is 9.84 Å². The molecule has 1 aromatic heterocycles. The van der Waals surface area contributed by atoms with Gasteiger partial charge in [0, 0.05) is 25.3 Å². The lowest BCUT2D eigenvalue weighted by atomic mass is 9.99. The maximum atomic E-state index is 11.1. The van der Waals surface area contributed by atoms with Gasteiger partial charge in [0.05, 0.1) is 11.3 Å². The average molecular weight is 250 g/mol. The van der Waals surface area contributed by atoms with Crippen LogP contribution in [0.15, 0.2) is 6.20 Å². The summed E-state index contributed by atoms with van der Waals surface area (Å²) in [7, 11) is 0. The third kappa shape index (κ3) is 2.85. The Kier molecular flexibility index (Phi) is 4.25. The number of nitrogens with zero attached hydrogens (tertiary/aromatic N) is 2. The van der Waals surface area contributed by atoms with E-state index in [1.807, 2.05) is 6.92 Å². The van der Waals surface area contributed by atoms with E-state index in [1.54, 1.807) is 0 Å². The lowest BCUT2D eigenvalue weighted by molar-refractivity contribution is 0.0693. The van der Waals surface area contributed by atoms with Crippen LogP contribution in [-0.4, -0.2) is 34.3 Å². The minimum atomic E-state index is -0.947. The molecule has 5 heteroatoms. The lowest BCUT2D eigenvalue weighted by Crippen LogP contribution is -2.18. The zero-order valence-corrected chi connectivity index (χ0v) is 10.6. The van der Waals surface area contributed by atoms with Gasteiger partial charge in [-0.05, 0) is 19.3 Å². The number of carboxylic acid groups (broad SMARTS) is 1. The van der Waals surface area contributed by atoms with Crippen LogP contribution >= 0.6 is 0 Å². The van der Waals surface area contributed by atoms with Crippen LogP contribution in [0, 0.1) is 0 Å². The summed E-state index contributed by atoms with van der Waals surface area (Å²) < 4.78 is 5.31. The SMILES string of the molecule is CCCc1nc(C2CCOCC2)ncc1C(=O)O. The molecule has 1 fully saturated rings. The summed E-state index contributed by atoms with van der Waals surface area (Å²) in [5, 5.41) is 9.09. The summed E-state index contributed by atoms with van der Waals surface area (Å²) in [6.45, 7) is 3.48. The van der Waals surface area contributed by atoms with Crippen LogP contribution in [0.3, 0.4) is 0 Å². The quantitative estimate of drug-likeness (QED) is 0.885. The van der Waals surface area contributed by atoms with Gasteiger partial charge in [-0.2, -0.15) is 0 Å². The van der Waals surface area contributed by atoms with Crippen molar-refractivity contribution in [3.63, 3.8) is 0 Å². The van der Waals surface area contributed by atoms with Crippen molar-refractivity contribution in [2.75, 3.05) is 13.2 Å². The summed E-state index contributed by atoms with van der Waals surface area (Å²) in [5.41, 5.74) is 0.883. The fourth-order valence-corrected chi connectivity index (χ4v) is 2.19. The van der Waals surface area contributed by atoms with Gasteiger partial charge in [0.2, 0.25) is 0 Å². The lowest BCUT2D eigenvalue weighted by Gasteiger charge is -2.21. The first-order valence-electron chi connectivity index (χ1n) is 6.39. The van der Waals surface area contributed by atoms with Crippen molar-refractivity contribution >= 4 is 5.97 Å². The zero-order chi connectivity index (χ0) is 13.0. The van der Waals surface area contributed by atoms with E-state index in [0.29, 0.717) is 18.0 Å². The maximum absolute atomic E-state index is 11.1. The minimum Gasteiger partial charge on any atom is -0.478 e. The van der Waals surface area contributed by atoms with Crippen molar-refractivity contribution in [3.05, 3.63) is 23.3 Å². The van der Waals surface area contributed by atoms with Gasteiger partial charge in [0.15, 0.2) is 0 Å². The van der Waals surface area contributed by atoms with E-state index in [0.717, 1.165) is 38.3 Å². The predicted molar refractivity (Wildman–Crippen MR) is 65.8 cm³/mol. The molecule has 0 radical (unpaired) electrons. The Morgan fingerprint density at radius 2 is 2.22 bits per heavy atom. The molecule has 0 aromatic carbocycles. The summed E-state index contributed by atoms with van der Waals surface area (Å²) in [6, 6.07) is 0. The molecule has 2 rings (SSSR count). The van der Waals surface area contributed by atoms with Crippen LogP contribution in [0.4, 0.5) is 0 Å². The molecule has 1 aromatic rings. The molecule has 0 spiro atoms. The average Bonchev–Trinajstić information content (AvgIpc) is 2.40. The first-order valence-corrected chi connectivity index (χ1v) is 6.39. The van der Waals surface area contributed by atoms with Crippen molar-refractivity contribution in [2.45, 2.75) is 38.5 Å². The first kappa shape index (κ1) is 13.0. The number of aryl methyl sites for hydroxylation is 1. The van der Waals surface area contributed by atoms with Crippen molar-refractivity contribution in [3.8, 4) is 0 Å². The number of aromatic carboxylic acids is 1. The van der Waals surface area contributed by atoms with Crippen molar-refractivity contribution in [1.82, 2.24) is 9.97 Å². The van der Waals surface area contributed by atoms with Crippen LogP contribution in [0.5, 0.6) is 0 Å². The molecule has 18 heavy (non-hydrogen) atoms. The summed E-state index contributed by atoms with van der Waals surface area (Å²) in [4.78, 5) is 19.8. The molecule has 1 aliphatic heterocycles. The Morgan fingerprint density at radius 1 is 1.50 bits per heavy atom. The second-order valence-electron chi connectivity index (χ2n) is 4.53. The van der Waals surface area contributed by atoms with Gasteiger partial charge in [-0.1, -0.05) is 13.3 Å². The van der Waals surface area contributed by atoms with Gasteiger partial charge in [0.1, 0.15) is 5.82 Å². The van der Waals surface area contributed by atoms with Gasteiger partial charge in [-0.3, -0.25) is 0 Å². The smallest absolute Gasteiger partial charge is 0.339 e. The second kappa shape index (κ2) is 5.91. The first-order chi connectivity index (χ1) is 8.72. The summed E-state index contributed by atoms with van der Waals surface area (Å²) in [6.07, 6.45) is 4.84. The summed E-state index contributed by atoms with van der Waals surface area (Å²) in [5.74, 6) is 0.126. The molecule has 2 heterocycles. The largest absolute Gasteiger partial charge is 0.478 e. The van der Waals surface area contributed by atoms with E-state index in [4.69, 9.17) is 9.84 Å². The fourth-order valence-electron chi connectivity index (χ4n) is 2.19. The molecule has 0 saturated carbocycles. The minimum absolute atomic E-state index is 0.229. The molecular weight excluding hydrogens is 232 g/mol. The maximum Gasteiger partial charge on any atom is 0.339 e. The number of ether oxygens (including phenoxy) is 1. The number of hydrogen-bond acceptors (Lipinski definition) is 4. The molecule has 0 aliphatic carbocycles. The van der Waals surface area contributed by atoms with Crippen LogP contribution in [0.25, 0.3) is 0 Å². The standard InChI is InChI=1S/C13H18N2O3/c1-2-3-11-10(13(16)17)8-14-12(15-11)9-4-6-18-7-5-9/h8-9H,2-7H2,1H3,(H,16,17). The topological polar surface area (TPSA) is 72.3 Å². The van der Waals surface area contributed by atoms with E-state index in [2.05, 4.69) is 9.97 Å². The molecular formula is C13H18N2O3. The molecule has 0 amide bonds. The second-order valence-corrected chi connectivity index (χ2v) is 4.53. The van der Waals surface area contributed by atoms with Crippen LogP contribution in [0.1, 0.15) is 54.0 Å². The molecule has 1 aliphatic rings. The van der Waals surface area contributed by atoms with Crippen molar-refractivity contribution in [1.29, 1.82) is 0 Å². The number of rotatable bonds is 4. The van der Waals surface area contributed by atoms with Gasteiger partial charge in [-0.15, -0.1) is 0 Å². The van der Waals surface area contributed by atoms with Gasteiger partial charge in [0.25, 0.3) is 0 Å². The molecule has 0 atom stereocenters. The molecule has 5 nitrogen and oxygen atoms in total. The highest BCUT2D eigenvalue weighted by Gasteiger charge is 2.21. The van der Waals surface area contributed by atoms with E-state index in [1.165, 1.54) is 6.20 Å². The number of carboxylic acids is 1. The molecule has 0 unspecified atom stereocenters. The highest BCUT2D eigenvalue weighted by molar-refractivity contribution is 5.88. The van der Waals surface area contributed by atoms with Crippen LogP contribution in [0.2, 0.25) is 0 Å². The van der Waals surface area contributed by atoms with E-state index < -0.39 is 5.97 Å². The monoisotopic (exact) mass is 250 g/mol. The third-order valence-electron chi connectivity index (χ3n) is 3.19. The van der Waals surface area contributed by atoms with Gasteiger partial charge in [-0.25, -0.2) is 14.8 Å². The highest BCUT2D eigenvalue weighted by atomic mass is 16.5. The normalized spacial score (nSPS) is 16.7. The van der Waals surface area contributed by atoms with Crippen LogP contribution < -0.4 is 0 Å². The molecule has 1 saturated heterocycles. The third-order valence-corrected chi connectivity index (χ3v) is 3.19. The molecule has 1 N–H and O–H groups in total. The molecule has 98 valence electrons. The predicted octanol–water partition coefficient (Wildman–Crippen LogP) is 2.02. The number of hydrogen-bond donors (Lipinski definition) is 1. The Balaban J connectivity index is 2.26. The molecule has 0 bridgehead atoms. The van der Waals surface area contributed by atoms with Crippen molar-refractivity contribution in [2.24, 2.45) is 0 Å². The van der Waals surface area contributed by atoms with E-state index in [-0.39, 0.29) is 5.56 Å². The Bertz CT molecular complexity index is 428. The highest BCUT2D eigenvalue weighted by Crippen LogP contribution is 2.24. The Hall–Kier alpha value is -1.49. The zero-order valence-electron chi connectivity index (χ0n) is 10.6. The Labute approximate surface area is 106 Å². The van der Waals surface area contributed by atoms with E-state index in [9.17, 15) is 4.79 Å². The van der Waals surface area contributed by atoms with Crippen molar-refractivity contribution < 1.29 is 14.6 Å². The van der Waals surface area contributed by atoms with E-state index >= 15 is 0 Å². The van der Waals surface area contributed by atoms with Gasteiger partial charge >= 0.3 is 5.97 Å². The van der Waals surface area contributed by atoms with Crippen LogP contribution in [-0.2, 0) is 11.2 Å².